The highest BCUT2D eigenvalue weighted by atomic mass is 32.4. The molecular formula is C63H106O6P10. The van der Waals surface area contributed by atoms with E-state index < -0.39 is 7.53 Å². The first kappa shape index (κ1) is 80.9. The summed E-state index contributed by atoms with van der Waals surface area (Å²) in [4.78, 5) is 0. The number of allylic oxidation sites excluding steroid dienone is 16. The second kappa shape index (κ2) is 62.3. The van der Waals surface area contributed by atoms with E-state index in [0.29, 0.717) is 17.0 Å². The Hall–Kier alpha value is -0.200. The summed E-state index contributed by atoms with van der Waals surface area (Å²) in [7, 11) is 18.0. The minimum absolute atomic E-state index is 0.0350. The third-order valence-electron chi connectivity index (χ3n) is 11.9. The van der Waals surface area contributed by atoms with Crippen LogP contribution in [-0.2, 0) is 33.6 Å². The molecule has 1 aliphatic rings. The molecule has 79 heavy (non-hydrogen) atoms. The Kier molecular flexibility index (Phi) is 63.8. The topological polar surface area (TPSA) is 55.4 Å². The molecule has 17 unspecified atom stereocenters. The fraction of sp³-hybridized carbons (Fsp3) is 0.524. The zero-order chi connectivity index (χ0) is 58.8. The first-order valence-corrected chi connectivity index (χ1v) is 40.0. The molecule has 1 saturated carbocycles. The summed E-state index contributed by atoms with van der Waals surface area (Å²) in [6, 6.07) is 8.65. The lowest BCUT2D eigenvalue weighted by Crippen LogP contribution is -2.26. The third kappa shape index (κ3) is 48.7. The van der Waals surface area contributed by atoms with Gasteiger partial charge in [-0.2, -0.15) is 0 Å². The zero-order valence-electron chi connectivity index (χ0n) is 49.4. The molecule has 17 atom stereocenters. The van der Waals surface area contributed by atoms with Crippen molar-refractivity contribution >= 4 is 88.6 Å². The minimum atomic E-state index is -0.578. The Morgan fingerprint density at radius 3 is 1.71 bits per heavy atom. The van der Waals surface area contributed by atoms with E-state index in [2.05, 4.69) is 220 Å². The minimum Gasteiger partial charge on any atom is -0.358 e. The Labute approximate surface area is 506 Å². The van der Waals surface area contributed by atoms with Crippen molar-refractivity contribution in [3.05, 3.63) is 157 Å². The van der Waals surface area contributed by atoms with E-state index in [0.717, 1.165) is 82.5 Å². The van der Waals surface area contributed by atoms with Gasteiger partial charge in [0.2, 0.25) is 0 Å². The Balaban J connectivity index is 0. The van der Waals surface area contributed by atoms with E-state index in [9.17, 15) is 0 Å². The average Bonchev–Trinajstić information content (AvgIpc) is 4.24. The van der Waals surface area contributed by atoms with Crippen LogP contribution in [0.3, 0.4) is 0 Å². The van der Waals surface area contributed by atoms with Crippen LogP contribution in [0.5, 0.6) is 0 Å². The van der Waals surface area contributed by atoms with Crippen LogP contribution in [0, 0.1) is 35.5 Å². The molecular weight excluding hydrogens is 1160 g/mol. The van der Waals surface area contributed by atoms with Crippen molar-refractivity contribution < 1.29 is 27.1 Å². The van der Waals surface area contributed by atoms with Crippen molar-refractivity contribution in [2.75, 3.05) is 0 Å². The molecule has 0 spiro atoms. The van der Waals surface area contributed by atoms with Crippen LogP contribution in [0.15, 0.2) is 146 Å². The van der Waals surface area contributed by atoms with Crippen molar-refractivity contribution in [2.45, 2.75) is 201 Å². The molecule has 16 heteroatoms. The maximum atomic E-state index is 6.08. The smallest absolute Gasteiger partial charge is 0.107 e. The van der Waals surface area contributed by atoms with E-state index >= 15 is 0 Å². The van der Waals surface area contributed by atoms with Crippen LogP contribution >= 0.6 is 88.6 Å². The number of aryl methyl sites for hydroxylation is 1. The quantitative estimate of drug-likeness (QED) is 0.0374. The summed E-state index contributed by atoms with van der Waals surface area (Å²) >= 11 is 0. The van der Waals surface area contributed by atoms with Gasteiger partial charge in [-0.1, -0.05) is 275 Å². The van der Waals surface area contributed by atoms with Crippen LogP contribution in [0.4, 0.5) is 0 Å². The predicted octanol–water partition coefficient (Wildman–Crippen LogP) is 21.5. The number of rotatable bonds is 38. The lowest BCUT2D eigenvalue weighted by Gasteiger charge is -2.26. The van der Waals surface area contributed by atoms with Gasteiger partial charge in [0.15, 0.2) is 0 Å². The van der Waals surface area contributed by atoms with Gasteiger partial charge >= 0.3 is 0 Å². The molecule has 0 saturated heterocycles. The highest BCUT2D eigenvalue weighted by Crippen LogP contribution is 2.55. The normalized spacial score (nSPS) is 17.1. The first-order valence-electron chi connectivity index (χ1n) is 28.6. The highest BCUT2D eigenvalue weighted by Gasteiger charge is 2.33. The monoisotopic (exact) mass is 1270 g/mol. The molecule has 2 rings (SSSR count). The molecule has 1 fully saturated rings. The van der Waals surface area contributed by atoms with Crippen LogP contribution < -0.4 is 0 Å². The van der Waals surface area contributed by atoms with Crippen LogP contribution in [0.25, 0.3) is 0 Å². The second-order valence-electron chi connectivity index (χ2n) is 18.0. The summed E-state index contributed by atoms with van der Waals surface area (Å²) in [6.07, 6.45) is 60.7. The van der Waals surface area contributed by atoms with E-state index in [4.69, 9.17) is 27.1 Å². The van der Waals surface area contributed by atoms with Crippen molar-refractivity contribution in [3.63, 3.8) is 0 Å². The fourth-order valence-corrected chi connectivity index (χ4v) is 11.4. The van der Waals surface area contributed by atoms with Gasteiger partial charge in [-0.3, -0.25) is 0 Å². The number of unbranched alkanes of at least 4 members (excludes halogenated alkanes) is 3. The van der Waals surface area contributed by atoms with Crippen LogP contribution in [0.2, 0.25) is 0 Å². The second-order valence-corrected chi connectivity index (χ2v) is 26.9. The largest absolute Gasteiger partial charge is 0.358 e. The van der Waals surface area contributed by atoms with Gasteiger partial charge in [0.25, 0.3) is 0 Å². The number of hydrogen-bond donors (Lipinski definition) is 0. The van der Waals surface area contributed by atoms with Crippen molar-refractivity contribution in [1.82, 2.24) is 0 Å². The molecule has 1 aliphatic carbocycles. The fourth-order valence-electron chi connectivity index (χ4n) is 7.35. The highest BCUT2D eigenvalue weighted by molar-refractivity contribution is 8.41. The number of benzene rings is 1. The first-order chi connectivity index (χ1) is 38.7. The van der Waals surface area contributed by atoms with Crippen molar-refractivity contribution in [1.29, 1.82) is 0 Å². The summed E-state index contributed by atoms with van der Waals surface area (Å²) in [5, 5.41) is 0. The van der Waals surface area contributed by atoms with E-state index in [1.165, 1.54) is 49.7 Å². The molecule has 0 heterocycles. The Morgan fingerprint density at radius 1 is 0.620 bits per heavy atom. The number of hydrogen-bond acceptors (Lipinski definition) is 6. The van der Waals surface area contributed by atoms with E-state index in [1.54, 1.807) is 0 Å². The predicted molar refractivity (Wildman–Crippen MR) is 383 cm³/mol. The summed E-state index contributed by atoms with van der Waals surface area (Å²) in [5.41, 5.74) is 2.72. The summed E-state index contributed by atoms with van der Waals surface area (Å²) < 4.78 is 33.6. The third-order valence-corrected chi connectivity index (χ3v) is 15.9. The molecule has 0 N–H and O–H groups in total. The summed E-state index contributed by atoms with van der Waals surface area (Å²) in [5.74, 6) is 14.0. The molecule has 0 amide bonds. The van der Waals surface area contributed by atoms with Gasteiger partial charge in [0.1, 0.15) is 6.10 Å². The molecule has 0 bridgehead atoms. The standard InChI is InChI=1S/C21H31OP.C20H36O3P6.C20H33O2P3.C2H6/c1-3-5-15-19-18-20(19)16-13-11-9-7-6-8-10-12-14-17-21(4-2)22-23;1-3-5-16-20(23-29(26)27)19(22-28-25)17-14-12-10-8-6-7-9-11-13-15-18(4-2)21-24;1-3-5-14-18(21-23)15-9-7-6-8-12-17-13-10-11-16-19(17)20(4-2)22-25-24;1-2/h6-7,9,11,13-14,16-17,19-21H,3-5,8,15,18,23H2,1-2H3;6,8,10,12-15,17-20,28H,3-5,7,16,24-27H2,1-2H3;6-7,9-11,13,15-16,18,20,25H,3-5,8,12,14,23-24H2,1-2H3;1-2H3/b7-6-,11-9+,16-13+,17-14+;8-6+,12-10+,15-13+,17-14+;7-6-,15-9+;. The zero-order valence-corrected chi connectivity index (χ0v) is 60.4. The lowest BCUT2D eigenvalue weighted by molar-refractivity contribution is 0.102. The maximum absolute atomic E-state index is 6.08. The van der Waals surface area contributed by atoms with Gasteiger partial charge in [-0.25, -0.2) is 0 Å². The van der Waals surface area contributed by atoms with Crippen LogP contribution in [0.1, 0.15) is 175 Å². The molecule has 1 aromatic rings. The SMILES string of the molecule is CC.CCCCC(/C=C/C=C\CCc1ccccc1C(CC)OPP)OP.CCCCC(OP(P)P)C(/C=C/C=C/C=C/CC#C/C=C/C(CC)OP)OPP.CCCCC1CC1/C=C/C=C/C=C\CC#C/C=C/C(CC)OP. The maximum Gasteiger partial charge on any atom is 0.107 e. The van der Waals surface area contributed by atoms with Crippen molar-refractivity contribution in [3.8, 4) is 23.7 Å². The summed E-state index contributed by atoms with van der Waals surface area (Å²) in [6.45, 7) is 17.0. The van der Waals surface area contributed by atoms with Crippen LogP contribution in [-0.4, -0.2) is 30.5 Å². The van der Waals surface area contributed by atoms with E-state index in [-0.39, 0.29) is 36.6 Å². The van der Waals surface area contributed by atoms with Gasteiger partial charge < -0.3 is 27.1 Å². The molecule has 444 valence electrons. The van der Waals surface area contributed by atoms with Gasteiger partial charge in [-0.15, -0.1) is 0 Å². The molecule has 1 aromatic carbocycles. The molecule has 0 aliphatic heterocycles. The Bertz CT molecular complexity index is 2000. The van der Waals surface area contributed by atoms with Gasteiger partial charge in [0, 0.05) is 58.2 Å². The molecule has 0 radical (unpaired) electrons. The lowest BCUT2D eigenvalue weighted by atomic mass is 9.97. The molecule has 0 aromatic heterocycles. The van der Waals surface area contributed by atoms with E-state index in [1.807, 2.05) is 68.5 Å². The Morgan fingerprint density at radius 2 is 1.16 bits per heavy atom. The average molecular weight is 1270 g/mol. The van der Waals surface area contributed by atoms with Gasteiger partial charge in [-0.05, 0) is 105 Å². The van der Waals surface area contributed by atoms with Gasteiger partial charge in [0.05, 0.1) is 38.0 Å². The van der Waals surface area contributed by atoms with Crippen molar-refractivity contribution in [2.24, 2.45) is 11.8 Å². The molecule has 6 nitrogen and oxygen atoms in total.